The fourth-order valence-corrected chi connectivity index (χ4v) is 3.95. The highest BCUT2D eigenvalue weighted by Crippen LogP contribution is 2.46. The number of carbonyl (C=O) groups is 1. The first-order valence-electron chi connectivity index (χ1n) is 9.29. The molecule has 0 aliphatic carbocycles. The summed E-state index contributed by atoms with van der Waals surface area (Å²) in [6.07, 6.45) is 2.47. The van der Waals surface area contributed by atoms with Crippen LogP contribution < -0.4 is 4.74 Å². The van der Waals surface area contributed by atoms with E-state index in [4.69, 9.17) is 15.3 Å². The minimum absolute atomic E-state index is 0.00733. The number of hydrogen-bond donors (Lipinski definition) is 0. The zero-order chi connectivity index (χ0) is 19.1. The quantitative estimate of drug-likeness (QED) is 0.708. The maximum absolute atomic E-state index is 13.5. The molecule has 0 bridgehead atoms. The Morgan fingerprint density at radius 1 is 0.926 bits per heavy atom. The van der Waals surface area contributed by atoms with Crippen molar-refractivity contribution < 1.29 is 9.53 Å². The minimum atomic E-state index is -0.825. The number of para-hydroxylation sites is 1. The molecule has 1 aliphatic heterocycles. The van der Waals surface area contributed by atoms with Crippen molar-refractivity contribution in [3.8, 4) is 17.9 Å². The lowest BCUT2D eigenvalue weighted by atomic mass is 9.66. The number of benzene rings is 2. The Balaban J connectivity index is 1.96. The second kappa shape index (κ2) is 8.52. The SMILES string of the molecule is N#CCCC1(CCC#N)C(=O)c2ccccc2OC1CCc1ccccc1. The van der Waals surface area contributed by atoms with Crippen LogP contribution in [-0.4, -0.2) is 11.9 Å². The Kier molecular flexibility index (Phi) is 5.89. The second-order valence-electron chi connectivity index (χ2n) is 6.93. The molecule has 3 rings (SSSR count). The number of aryl methyl sites for hydroxylation is 1. The Bertz CT molecular complexity index is 859. The van der Waals surface area contributed by atoms with E-state index in [2.05, 4.69) is 24.3 Å². The van der Waals surface area contributed by atoms with Crippen LogP contribution in [0.5, 0.6) is 5.75 Å². The van der Waals surface area contributed by atoms with Gasteiger partial charge in [0.15, 0.2) is 5.78 Å². The summed E-state index contributed by atoms with van der Waals surface area (Å²) in [5.41, 5.74) is 0.917. The van der Waals surface area contributed by atoms with Crippen molar-refractivity contribution in [2.45, 2.75) is 44.6 Å². The van der Waals surface area contributed by atoms with E-state index in [-0.39, 0.29) is 24.7 Å². The van der Waals surface area contributed by atoms with Crippen molar-refractivity contribution in [3.63, 3.8) is 0 Å². The van der Waals surface area contributed by atoms with E-state index in [0.717, 1.165) is 6.42 Å². The molecule has 0 aromatic heterocycles. The maximum atomic E-state index is 13.5. The van der Waals surface area contributed by atoms with E-state index < -0.39 is 5.41 Å². The average molecular weight is 358 g/mol. The van der Waals surface area contributed by atoms with Crippen molar-refractivity contribution in [1.29, 1.82) is 10.5 Å². The van der Waals surface area contributed by atoms with Crippen LogP contribution in [0, 0.1) is 28.1 Å². The maximum Gasteiger partial charge on any atom is 0.176 e. The van der Waals surface area contributed by atoms with Gasteiger partial charge in [-0.2, -0.15) is 10.5 Å². The van der Waals surface area contributed by atoms with Gasteiger partial charge in [0.2, 0.25) is 0 Å². The predicted octanol–water partition coefficient (Wildman–Crippen LogP) is 4.86. The molecule has 4 nitrogen and oxygen atoms in total. The monoisotopic (exact) mass is 358 g/mol. The third-order valence-corrected chi connectivity index (χ3v) is 5.37. The summed E-state index contributed by atoms with van der Waals surface area (Å²) in [5, 5.41) is 18.3. The first kappa shape index (κ1) is 18.7. The third kappa shape index (κ3) is 3.86. The molecule has 1 unspecified atom stereocenters. The summed E-state index contributed by atoms with van der Waals surface area (Å²) in [5.74, 6) is 0.609. The van der Waals surface area contributed by atoms with E-state index >= 15 is 0 Å². The van der Waals surface area contributed by atoms with Crippen LogP contribution in [-0.2, 0) is 6.42 Å². The molecule has 1 heterocycles. The van der Waals surface area contributed by atoms with Gasteiger partial charge in [0.05, 0.1) is 23.1 Å². The topological polar surface area (TPSA) is 73.9 Å². The number of fused-ring (bicyclic) bond motifs is 1. The Morgan fingerprint density at radius 3 is 2.22 bits per heavy atom. The summed E-state index contributed by atoms with van der Waals surface area (Å²) < 4.78 is 6.29. The van der Waals surface area contributed by atoms with Crippen LogP contribution in [0.15, 0.2) is 54.6 Å². The first-order chi connectivity index (χ1) is 13.2. The summed E-state index contributed by atoms with van der Waals surface area (Å²) in [7, 11) is 0. The molecule has 0 radical (unpaired) electrons. The molecular formula is C23H22N2O2. The lowest BCUT2D eigenvalue weighted by Gasteiger charge is -2.43. The minimum Gasteiger partial charge on any atom is -0.489 e. The highest BCUT2D eigenvalue weighted by molar-refractivity contribution is 6.04. The van der Waals surface area contributed by atoms with E-state index in [1.807, 2.05) is 36.4 Å². The van der Waals surface area contributed by atoms with Crippen LogP contribution in [0.3, 0.4) is 0 Å². The van der Waals surface area contributed by atoms with Gasteiger partial charge < -0.3 is 4.74 Å². The van der Waals surface area contributed by atoms with E-state index in [1.54, 1.807) is 6.07 Å². The summed E-state index contributed by atoms with van der Waals surface area (Å²) in [6, 6.07) is 21.7. The molecule has 27 heavy (non-hydrogen) atoms. The molecule has 0 amide bonds. The highest BCUT2D eigenvalue weighted by Gasteiger charge is 2.50. The Hall–Kier alpha value is -3.11. The van der Waals surface area contributed by atoms with Crippen molar-refractivity contribution in [2.75, 3.05) is 0 Å². The van der Waals surface area contributed by atoms with Gasteiger partial charge in [-0.1, -0.05) is 42.5 Å². The predicted molar refractivity (Wildman–Crippen MR) is 102 cm³/mol. The van der Waals surface area contributed by atoms with Gasteiger partial charge in [0.25, 0.3) is 0 Å². The Labute approximate surface area is 160 Å². The van der Waals surface area contributed by atoms with Crippen molar-refractivity contribution in [2.24, 2.45) is 5.41 Å². The van der Waals surface area contributed by atoms with Crippen LogP contribution >= 0.6 is 0 Å². The average Bonchev–Trinajstić information content (AvgIpc) is 2.72. The molecule has 136 valence electrons. The molecule has 0 N–H and O–H groups in total. The van der Waals surface area contributed by atoms with E-state index in [0.29, 0.717) is 30.6 Å². The van der Waals surface area contributed by atoms with Crippen LogP contribution in [0.4, 0.5) is 0 Å². The van der Waals surface area contributed by atoms with Crippen LogP contribution in [0.25, 0.3) is 0 Å². The molecular weight excluding hydrogens is 336 g/mol. The molecule has 2 aromatic carbocycles. The molecule has 0 saturated carbocycles. The number of rotatable bonds is 7. The number of ether oxygens (including phenoxy) is 1. The van der Waals surface area contributed by atoms with Crippen molar-refractivity contribution in [3.05, 3.63) is 65.7 Å². The fraction of sp³-hybridized carbons (Fsp3) is 0.348. The van der Waals surface area contributed by atoms with Gasteiger partial charge in [-0.3, -0.25) is 4.79 Å². The van der Waals surface area contributed by atoms with Gasteiger partial charge in [-0.25, -0.2) is 0 Å². The smallest absolute Gasteiger partial charge is 0.176 e. The normalized spacial score (nSPS) is 17.3. The fourth-order valence-electron chi connectivity index (χ4n) is 3.95. The van der Waals surface area contributed by atoms with Gasteiger partial charge in [-0.05, 0) is 43.4 Å². The number of carbonyl (C=O) groups excluding carboxylic acids is 1. The number of ketones is 1. The molecule has 1 aliphatic rings. The lowest BCUT2D eigenvalue weighted by molar-refractivity contribution is 0.0146. The molecule has 1 atom stereocenters. The highest BCUT2D eigenvalue weighted by atomic mass is 16.5. The molecule has 0 spiro atoms. The van der Waals surface area contributed by atoms with Crippen LogP contribution in [0.1, 0.15) is 48.0 Å². The molecule has 4 heteroatoms. The largest absolute Gasteiger partial charge is 0.489 e. The zero-order valence-corrected chi connectivity index (χ0v) is 15.2. The molecule has 0 saturated heterocycles. The standard InChI is InChI=1S/C23H22N2O2/c24-16-6-14-23(15-7-17-25)21(13-12-18-8-2-1-3-9-18)27-20-11-5-4-10-19(20)22(23)26/h1-5,8-11,21H,6-7,12-15H2. The lowest BCUT2D eigenvalue weighted by Crippen LogP contribution is -2.49. The molecule has 0 fully saturated rings. The molecule has 2 aromatic rings. The number of nitriles is 2. The van der Waals surface area contributed by atoms with Crippen LogP contribution in [0.2, 0.25) is 0 Å². The van der Waals surface area contributed by atoms with Crippen molar-refractivity contribution >= 4 is 5.78 Å². The first-order valence-corrected chi connectivity index (χ1v) is 9.29. The van der Waals surface area contributed by atoms with E-state index in [1.165, 1.54) is 5.56 Å². The number of Topliss-reactive ketones (excluding diaryl/α,β-unsaturated/α-hetero) is 1. The van der Waals surface area contributed by atoms with Gasteiger partial charge in [0.1, 0.15) is 11.9 Å². The van der Waals surface area contributed by atoms with Gasteiger partial charge >= 0.3 is 0 Å². The van der Waals surface area contributed by atoms with E-state index in [9.17, 15) is 4.79 Å². The zero-order valence-electron chi connectivity index (χ0n) is 15.2. The number of nitrogens with zero attached hydrogens (tertiary/aromatic N) is 2. The summed E-state index contributed by atoms with van der Waals surface area (Å²) in [6.45, 7) is 0. The van der Waals surface area contributed by atoms with Crippen molar-refractivity contribution in [1.82, 2.24) is 0 Å². The Morgan fingerprint density at radius 2 is 1.56 bits per heavy atom. The third-order valence-electron chi connectivity index (χ3n) is 5.37. The summed E-state index contributed by atoms with van der Waals surface area (Å²) >= 11 is 0. The van der Waals surface area contributed by atoms with Gasteiger partial charge in [-0.15, -0.1) is 0 Å². The number of hydrogen-bond acceptors (Lipinski definition) is 4. The summed E-state index contributed by atoms with van der Waals surface area (Å²) in [4.78, 5) is 13.5. The second-order valence-corrected chi connectivity index (χ2v) is 6.93. The van der Waals surface area contributed by atoms with Gasteiger partial charge in [0, 0.05) is 12.8 Å².